The van der Waals surface area contributed by atoms with Crippen molar-refractivity contribution in [2.24, 2.45) is 16.8 Å². The van der Waals surface area contributed by atoms with Crippen LogP contribution in [0.1, 0.15) is 46.0 Å². The van der Waals surface area contributed by atoms with Crippen molar-refractivity contribution >= 4 is 11.7 Å². The number of rotatable bonds is 8. The predicted molar refractivity (Wildman–Crippen MR) is 69.0 cm³/mol. The molecule has 0 heterocycles. The Bertz CT molecular complexity index is 254. The largest absolute Gasteiger partial charge is 0.409 e. The van der Waals surface area contributed by atoms with Gasteiger partial charge < -0.3 is 15.8 Å². The molecule has 0 aromatic rings. The third kappa shape index (κ3) is 6.81. The highest BCUT2D eigenvalue weighted by atomic mass is 16.4. The Hall–Kier alpha value is -1.26. The highest BCUT2D eigenvalue weighted by Gasteiger charge is 2.14. The van der Waals surface area contributed by atoms with Crippen LogP contribution in [0, 0.1) is 5.92 Å². The lowest BCUT2D eigenvalue weighted by Crippen LogP contribution is -2.36. The zero-order valence-corrected chi connectivity index (χ0v) is 11.1. The van der Waals surface area contributed by atoms with Crippen LogP contribution < -0.4 is 5.73 Å². The minimum Gasteiger partial charge on any atom is -0.409 e. The summed E-state index contributed by atoms with van der Waals surface area (Å²) in [6.07, 6.45) is 4.97. The number of hydrogen-bond donors (Lipinski definition) is 2. The summed E-state index contributed by atoms with van der Waals surface area (Å²) in [5.41, 5.74) is 5.47. The van der Waals surface area contributed by atoms with Gasteiger partial charge in [0.15, 0.2) is 0 Å². The molecule has 0 aromatic carbocycles. The smallest absolute Gasteiger partial charge is 0.222 e. The average molecular weight is 243 g/mol. The Morgan fingerprint density at radius 1 is 1.41 bits per heavy atom. The van der Waals surface area contributed by atoms with Crippen molar-refractivity contribution < 1.29 is 10.0 Å². The lowest BCUT2D eigenvalue weighted by molar-refractivity contribution is -0.130. The fraction of sp³-hybridized carbons (Fsp3) is 0.833. The van der Waals surface area contributed by atoms with E-state index in [0.717, 1.165) is 12.8 Å². The van der Waals surface area contributed by atoms with Crippen molar-refractivity contribution in [2.75, 3.05) is 13.6 Å². The topological polar surface area (TPSA) is 78.9 Å². The molecule has 0 aliphatic carbocycles. The molecule has 0 aliphatic heterocycles. The van der Waals surface area contributed by atoms with E-state index in [1.807, 2.05) is 6.92 Å². The summed E-state index contributed by atoms with van der Waals surface area (Å²) in [5, 5.41) is 11.5. The maximum Gasteiger partial charge on any atom is 0.222 e. The Morgan fingerprint density at radius 2 is 2.06 bits per heavy atom. The van der Waals surface area contributed by atoms with Gasteiger partial charge in [0.1, 0.15) is 5.84 Å². The SMILES string of the molecule is CCCCCCC(=O)N(C)CC(C)C(N)=NO. The number of carbonyl (C=O) groups is 1. The van der Waals surface area contributed by atoms with E-state index in [-0.39, 0.29) is 17.7 Å². The summed E-state index contributed by atoms with van der Waals surface area (Å²) < 4.78 is 0. The lowest BCUT2D eigenvalue weighted by Gasteiger charge is -2.20. The van der Waals surface area contributed by atoms with Crippen molar-refractivity contribution in [2.45, 2.75) is 46.0 Å². The minimum absolute atomic E-state index is 0.121. The van der Waals surface area contributed by atoms with E-state index in [4.69, 9.17) is 10.9 Å². The predicted octanol–water partition coefficient (Wildman–Crippen LogP) is 1.80. The highest BCUT2D eigenvalue weighted by Crippen LogP contribution is 2.06. The highest BCUT2D eigenvalue weighted by molar-refractivity contribution is 5.83. The van der Waals surface area contributed by atoms with E-state index < -0.39 is 0 Å². The molecule has 0 aliphatic rings. The number of nitrogens with two attached hydrogens (primary N) is 1. The maximum absolute atomic E-state index is 11.7. The fourth-order valence-corrected chi connectivity index (χ4v) is 1.60. The third-order valence-electron chi connectivity index (χ3n) is 2.84. The van der Waals surface area contributed by atoms with Crippen molar-refractivity contribution in [1.82, 2.24) is 4.90 Å². The van der Waals surface area contributed by atoms with E-state index >= 15 is 0 Å². The van der Waals surface area contributed by atoms with Gasteiger partial charge in [0.05, 0.1) is 0 Å². The summed E-state index contributed by atoms with van der Waals surface area (Å²) in [4.78, 5) is 13.4. The Morgan fingerprint density at radius 3 is 2.59 bits per heavy atom. The van der Waals surface area contributed by atoms with Gasteiger partial charge in [-0.25, -0.2) is 0 Å². The molecule has 0 aromatic heterocycles. The van der Waals surface area contributed by atoms with Crippen molar-refractivity contribution in [1.29, 1.82) is 0 Å². The summed E-state index contributed by atoms with van der Waals surface area (Å²) in [6.45, 7) is 4.46. The first-order chi connectivity index (χ1) is 8.02. The van der Waals surface area contributed by atoms with Crippen LogP contribution in [0.3, 0.4) is 0 Å². The third-order valence-corrected chi connectivity index (χ3v) is 2.84. The van der Waals surface area contributed by atoms with Gasteiger partial charge in [0.2, 0.25) is 5.91 Å². The van der Waals surface area contributed by atoms with Crippen LogP contribution in [0.5, 0.6) is 0 Å². The van der Waals surface area contributed by atoms with Crippen molar-refractivity contribution in [3.8, 4) is 0 Å². The van der Waals surface area contributed by atoms with E-state index in [9.17, 15) is 4.79 Å². The molecule has 1 unspecified atom stereocenters. The van der Waals surface area contributed by atoms with Crippen LogP contribution in [0.4, 0.5) is 0 Å². The van der Waals surface area contributed by atoms with E-state index in [1.165, 1.54) is 12.8 Å². The molecule has 0 rings (SSSR count). The fourth-order valence-electron chi connectivity index (χ4n) is 1.60. The van der Waals surface area contributed by atoms with Crippen LogP contribution >= 0.6 is 0 Å². The molecule has 0 radical (unpaired) electrons. The summed E-state index contributed by atoms with van der Waals surface area (Å²) in [5.74, 6) is 0.166. The molecule has 0 bridgehead atoms. The number of hydrogen-bond acceptors (Lipinski definition) is 3. The van der Waals surface area contributed by atoms with Crippen LogP contribution in [-0.4, -0.2) is 35.4 Å². The summed E-state index contributed by atoms with van der Waals surface area (Å²) in [7, 11) is 1.75. The van der Waals surface area contributed by atoms with Gasteiger partial charge in [-0.3, -0.25) is 4.79 Å². The van der Waals surface area contributed by atoms with Gasteiger partial charge in [0, 0.05) is 25.9 Å². The molecule has 3 N–H and O–H groups in total. The summed E-state index contributed by atoms with van der Waals surface area (Å²) in [6, 6.07) is 0. The maximum atomic E-state index is 11.7. The molecular weight excluding hydrogens is 218 g/mol. The molecule has 1 atom stereocenters. The number of nitrogens with zero attached hydrogens (tertiary/aromatic N) is 2. The van der Waals surface area contributed by atoms with E-state index in [0.29, 0.717) is 13.0 Å². The molecule has 0 saturated heterocycles. The molecule has 0 fully saturated rings. The van der Waals surface area contributed by atoms with Crippen LogP contribution in [-0.2, 0) is 4.79 Å². The lowest BCUT2D eigenvalue weighted by atomic mass is 10.1. The monoisotopic (exact) mass is 243 g/mol. The zero-order chi connectivity index (χ0) is 13.3. The number of unbranched alkanes of at least 4 members (excludes halogenated alkanes) is 3. The second-order valence-corrected chi connectivity index (χ2v) is 4.51. The van der Waals surface area contributed by atoms with Crippen LogP contribution in [0.2, 0.25) is 0 Å². The Kier molecular flexibility index (Phi) is 8.19. The standard InChI is InChI=1S/C12H25N3O2/c1-4-5-6-7-8-11(16)15(3)9-10(2)12(13)14-17/h10,17H,4-9H2,1-3H3,(H2,13,14). The van der Waals surface area contributed by atoms with Gasteiger partial charge in [-0.1, -0.05) is 38.3 Å². The molecule has 5 nitrogen and oxygen atoms in total. The number of amides is 1. The first-order valence-electron chi connectivity index (χ1n) is 6.24. The zero-order valence-electron chi connectivity index (χ0n) is 11.1. The number of oxime groups is 1. The first-order valence-corrected chi connectivity index (χ1v) is 6.24. The molecule has 100 valence electrons. The van der Waals surface area contributed by atoms with Gasteiger partial charge in [-0.2, -0.15) is 0 Å². The van der Waals surface area contributed by atoms with E-state index in [2.05, 4.69) is 12.1 Å². The second kappa shape index (κ2) is 8.84. The van der Waals surface area contributed by atoms with Gasteiger partial charge in [-0.05, 0) is 6.42 Å². The Balaban J connectivity index is 3.89. The van der Waals surface area contributed by atoms with Crippen LogP contribution in [0.25, 0.3) is 0 Å². The normalized spacial score (nSPS) is 13.5. The Labute approximate surface area is 104 Å². The molecule has 1 amide bonds. The number of amidine groups is 1. The quantitative estimate of drug-likeness (QED) is 0.224. The first kappa shape index (κ1) is 15.7. The van der Waals surface area contributed by atoms with Crippen LogP contribution in [0.15, 0.2) is 5.16 Å². The summed E-state index contributed by atoms with van der Waals surface area (Å²) >= 11 is 0. The van der Waals surface area contributed by atoms with Gasteiger partial charge in [0.25, 0.3) is 0 Å². The molecule has 0 saturated carbocycles. The van der Waals surface area contributed by atoms with Gasteiger partial charge >= 0.3 is 0 Å². The minimum atomic E-state index is -0.121. The van der Waals surface area contributed by atoms with Crippen molar-refractivity contribution in [3.05, 3.63) is 0 Å². The molecule has 17 heavy (non-hydrogen) atoms. The molecule has 5 heteroatoms. The molecule has 0 spiro atoms. The van der Waals surface area contributed by atoms with Crippen molar-refractivity contribution in [3.63, 3.8) is 0 Å². The van der Waals surface area contributed by atoms with E-state index in [1.54, 1.807) is 11.9 Å². The molecular formula is C12H25N3O2. The average Bonchev–Trinajstić information content (AvgIpc) is 2.32. The van der Waals surface area contributed by atoms with Gasteiger partial charge in [-0.15, -0.1) is 0 Å². The second-order valence-electron chi connectivity index (χ2n) is 4.51. The number of carbonyl (C=O) groups excluding carboxylic acids is 1.